The van der Waals surface area contributed by atoms with Crippen molar-refractivity contribution in [3.05, 3.63) is 217 Å². The average Bonchev–Trinajstić information content (AvgIpc) is 0.678. The minimum Gasteiger partial charge on any atom is -0.440 e. The first-order valence-electron chi connectivity index (χ1n) is 33.3. The van der Waals surface area contributed by atoms with Gasteiger partial charge in [0.25, 0.3) is 20.1 Å². The van der Waals surface area contributed by atoms with Crippen LogP contribution in [-0.4, -0.2) is 50.0 Å². The normalized spacial score (nSPS) is 13.6. The van der Waals surface area contributed by atoms with E-state index in [4.69, 9.17) is 44.1 Å². The number of aryl methyl sites for hydroxylation is 15. The Kier molecular flexibility index (Phi) is 12.4. The van der Waals surface area contributed by atoms with Gasteiger partial charge in [0.1, 0.15) is 34.7 Å². The molecule has 0 bridgehead atoms. The fraction of sp³-hybridized carbons (Fsp3) is 0.185. The van der Waals surface area contributed by atoms with E-state index in [0.717, 1.165) is 179 Å². The molecule has 12 nitrogen and oxygen atoms in total. The summed E-state index contributed by atoms with van der Waals surface area (Å²) in [5, 5.41) is 4.00. The van der Waals surface area contributed by atoms with Crippen molar-refractivity contribution in [1.29, 1.82) is 0 Å². The van der Waals surface area contributed by atoms with Crippen LogP contribution in [0.2, 0.25) is 0 Å². The van der Waals surface area contributed by atoms with Gasteiger partial charge in [-0.05, 0) is 210 Å². The second kappa shape index (κ2) is 20.6. The van der Waals surface area contributed by atoms with Crippen molar-refractivity contribution < 1.29 is 14.2 Å². The Morgan fingerprint density at radius 1 is 0.312 bits per heavy atom. The highest BCUT2D eigenvalue weighted by Gasteiger charge is 2.52. The summed E-state index contributed by atoms with van der Waals surface area (Å²) in [5.41, 5.74) is 33.9. The number of nitrogens with zero attached hydrogens (tertiary/aromatic N) is 8. The molecule has 0 unspecified atom stereocenters. The molecule has 0 saturated heterocycles. The molecule has 0 atom stereocenters. The Hall–Kier alpha value is -10.8. The molecule has 464 valence electrons. The van der Waals surface area contributed by atoms with Gasteiger partial charge < -0.3 is 19.5 Å². The topological polar surface area (TPSA) is 124 Å². The molecule has 0 spiro atoms. The van der Waals surface area contributed by atoms with Crippen molar-refractivity contribution in [3.8, 4) is 69.1 Å². The van der Waals surface area contributed by atoms with Crippen LogP contribution >= 0.6 is 0 Å². The van der Waals surface area contributed by atoms with Crippen molar-refractivity contribution in [1.82, 2.24) is 29.9 Å². The van der Waals surface area contributed by atoms with E-state index < -0.39 is 6.71 Å². The number of fused-ring (bicyclic) bond motifs is 12. The Morgan fingerprint density at radius 2 is 0.667 bits per heavy atom. The maximum absolute atomic E-state index is 7.46. The lowest BCUT2D eigenvalue weighted by molar-refractivity contribution is 0.439. The number of benzene rings is 9. The SMILES string of the molecule is Cc1cc(C)c(-c2nc3c4c(n2)Oc2ccccc2B4c2cc4c(cc2N3)N(c2c(C)cc(C)cc2C)c2nc(-c3c(C)cc(C)cc3C)nc3c2B4c2cc4c(cc2N3c2c(C)cc(C)cc2C)Oc2nc(-c3c(C)cc(C)cc3C)nc3c2B4c2ccccc2O3)c(C)c1. The van der Waals surface area contributed by atoms with E-state index in [9.17, 15) is 0 Å². The summed E-state index contributed by atoms with van der Waals surface area (Å²) in [6.07, 6.45) is 0. The van der Waals surface area contributed by atoms with Crippen LogP contribution in [0.25, 0.3) is 34.2 Å². The van der Waals surface area contributed by atoms with Crippen LogP contribution in [-0.2, 0) is 0 Å². The average molecular weight is 1250 g/mol. The third kappa shape index (κ3) is 8.37. The van der Waals surface area contributed by atoms with Crippen LogP contribution in [0, 0.1) is 104 Å². The zero-order valence-corrected chi connectivity index (χ0v) is 56.7. The van der Waals surface area contributed by atoms with E-state index in [2.05, 4.69) is 240 Å². The Labute approximate surface area is 561 Å². The van der Waals surface area contributed by atoms with E-state index in [-0.39, 0.29) is 13.4 Å². The molecule has 0 amide bonds. The monoisotopic (exact) mass is 1250 g/mol. The van der Waals surface area contributed by atoms with E-state index in [0.29, 0.717) is 40.9 Å². The van der Waals surface area contributed by atoms with Gasteiger partial charge >= 0.3 is 0 Å². The molecule has 6 aliphatic rings. The Morgan fingerprint density at radius 3 is 1.12 bits per heavy atom. The summed E-state index contributed by atoms with van der Waals surface area (Å²) in [4.78, 5) is 38.7. The number of anilines is 8. The van der Waals surface area contributed by atoms with E-state index >= 15 is 0 Å². The first kappa shape index (κ1) is 57.8. The summed E-state index contributed by atoms with van der Waals surface area (Å²) in [5.74, 6) is 7.86. The minimum atomic E-state index is -0.446. The molecule has 0 aliphatic carbocycles. The molecular weight excluding hydrogens is 1180 g/mol. The molecule has 9 heterocycles. The Bertz CT molecular complexity index is 5150. The first-order valence-corrected chi connectivity index (χ1v) is 33.3. The van der Waals surface area contributed by atoms with Crippen LogP contribution in [0.4, 0.5) is 45.9 Å². The quantitative estimate of drug-likeness (QED) is 0.165. The molecule has 96 heavy (non-hydrogen) atoms. The summed E-state index contributed by atoms with van der Waals surface area (Å²) < 4.78 is 21.4. The van der Waals surface area contributed by atoms with E-state index in [1.165, 1.54) is 27.8 Å². The summed E-state index contributed by atoms with van der Waals surface area (Å²) in [6, 6.07) is 48.9. The van der Waals surface area contributed by atoms with Gasteiger partial charge in [-0.3, -0.25) is 9.80 Å². The van der Waals surface area contributed by atoms with Gasteiger partial charge in [0, 0.05) is 50.7 Å². The largest absolute Gasteiger partial charge is 0.440 e. The lowest BCUT2D eigenvalue weighted by Crippen LogP contribution is -2.66. The van der Waals surface area contributed by atoms with Gasteiger partial charge in [0.15, 0.2) is 17.5 Å². The molecule has 3 aromatic heterocycles. The molecule has 15 heteroatoms. The van der Waals surface area contributed by atoms with Crippen LogP contribution in [0.5, 0.6) is 34.9 Å². The molecule has 1 N–H and O–H groups in total. The number of para-hydroxylation sites is 2. The highest BCUT2D eigenvalue weighted by Crippen LogP contribution is 2.50. The van der Waals surface area contributed by atoms with Crippen molar-refractivity contribution in [3.63, 3.8) is 0 Å². The van der Waals surface area contributed by atoms with Gasteiger partial charge in [-0.2, -0.15) is 15.0 Å². The number of ether oxygens (including phenoxy) is 3. The van der Waals surface area contributed by atoms with Crippen molar-refractivity contribution in [2.75, 3.05) is 15.1 Å². The molecule has 0 radical (unpaired) electrons. The van der Waals surface area contributed by atoms with Crippen LogP contribution in [0.15, 0.2) is 133 Å². The third-order valence-corrected chi connectivity index (χ3v) is 20.8. The van der Waals surface area contributed by atoms with E-state index in [1.807, 2.05) is 12.1 Å². The molecular formula is C81H68B3N9O3. The number of hydrogen-bond donors (Lipinski definition) is 1. The standard InChI is InChI=1S/C81H68B3N9O3/c1-38-24-43(6)65(44(7)25-38)73-86-76-68-79(89-73)94-62-22-18-16-20-53(62)82(68)55-34-56-60(36-59(55)85-76)92(71-49(12)30-41(4)31-50(71)13)77-69-78(88-74(87-77)66-45(8)26-39(2)27-46(66)9)93(72-51(14)32-42(5)33-52(72)15)61-37-64-58(35-57(61)84(56)69)83-54-21-17-19-23-63(54)95-80-70(83)81(96-64)91-75(90-80)67-47(10)28-40(3)29-48(67)11/h16-37H,1-15H3,(H,85,86,89). The lowest BCUT2D eigenvalue weighted by atomic mass is 9.30. The first-order chi connectivity index (χ1) is 46.2. The van der Waals surface area contributed by atoms with Gasteiger partial charge in [-0.15, -0.1) is 0 Å². The maximum Gasteiger partial charge on any atom is 0.265 e. The predicted molar refractivity (Wildman–Crippen MR) is 393 cm³/mol. The number of nitrogens with one attached hydrogen (secondary N) is 1. The van der Waals surface area contributed by atoms with Crippen LogP contribution in [0.3, 0.4) is 0 Å². The smallest absolute Gasteiger partial charge is 0.265 e. The lowest BCUT2D eigenvalue weighted by Gasteiger charge is -2.45. The Balaban J connectivity index is 0.965. The second-order valence-corrected chi connectivity index (χ2v) is 28.0. The van der Waals surface area contributed by atoms with Gasteiger partial charge in [0.05, 0.1) is 16.8 Å². The number of hydrogen-bond acceptors (Lipinski definition) is 12. The van der Waals surface area contributed by atoms with Gasteiger partial charge in [-0.1, -0.05) is 137 Å². The maximum atomic E-state index is 7.46. The van der Waals surface area contributed by atoms with Crippen LogP contribution in [0.1, 0.15) is 83.5 Å². The van der Waals surface area contributed by atoms with Gasteiger partial charge in [-0.25, -0.2) is 15.0 Å². The second-order valence-electron chi connectivity index (χ2n) is 28.0. The van der Waals surface area contributed by atoms with E-state index in [1.54, 1.807) is 0 Å². The molecule has 18 rings (SSSR count). The molecule has 12 aromatic rings. The molecule has 6 aliphatic heterocycles. The zero-order chi connectivity index (χ0) is 65.9. The van der Waals surface area contributed by atoms with Crippen molar-refractivity contribution in [2.45, 2.75) is 104 Å². The van der Waals surface area contributed by atoms with Crippen LogP contribution < -0.4 is 78.5 Å². The fourth-order valence-corrected chi connectivity index (χ4v) is 17.7. The molecule has 0 fully saturated rings. The minimum absolute atomic E-state index is 0.306. The number of rotatable bonds is 5. The summed E-state index contributed by atoms with van der Waals surface area (Å²) in [7, 11) is 0. The highest BCUT2D eigenvalue weighted by atomic mass is 16.5. The third-order valence-electron chi connectivity index (χ3n) is 20.8. The van der Waals surface area contributed by atoms with Crippen molar-refractivity contribution >= 4 is 115 Å². The molecule has 9 aromatic carbocycles. The molecule has 0 saturated carbocycles. The zero-order valence-electron chi connectivity index (χ0n) is 56.7. The summed E-state index contributed by atoms with van der Waals surface area (Å²) >= 11 is 0. The predicted octanol–water partition coefficient (Wildman–Crippen LogP) is 13.2. The highest BCUT2D eigenvalue weighted by molar-refractivity contribution is 7.03. The van der Waals surface area contributed by atoms with Crippen molar-refractivity contribution in [2.24, 2.45) is 0 Å². The van der Waals surface area contributed by atoms with Gasteiger partial charge in [0.2, 0.25) is 17.6 Å². The summed E-state index contributed by atoms with van der Waals surface area (Å²) in [6.45, 7) is 31.6. The fourth-order valence-electron chi connectivity index (χ4n) is 17.7. The number of aromatic nitrogens is 6.